The first-order valence-corrected chi connectivity index (χ1v) is 5.86. The van der Waals surface area contributed by atoms with Gasteiger partial charge in [-0.1, -0.05) is 47.5 Å². The molecular weight excluding hydrogens is 158 g/mol. The van der Waals surface area contributed by atoms with Crippen LogP contribution in [0, 0.1) is 11.8 Å². The highest BCUT2D eigenvalue weighted by atomic mass is 14.9. The maximum Gasteiger partial charge on any atom is 0.00950 e. The highest BCUT2D eigenvalue weighted by molar-refractivity contribution is 4.74. The Labute approximate surface area is 84.3 Å². The van der Waals surface area contributed by atoms with Gasteiger partial charge in [-0.3, -0.25) is 0 Å². The zero-order chi connectivity index (χ0) is 10.3. The summed E-state index contributed by atoms with van der Waals surface area (Å²) in [6, 6.07) is 0.727. The van der Waals surface area contributed by atoms with E-state index in [1.807, 2.05) is 0 Å². The first-order chi connectivity index (χ1) is 6.13. The molecule has 0 aliphatic rings. The molecule has 13 heavy (non-hydrogen) atoms. The van der Waals surface area contributed by atoms with E-state index < -0.39 is 0 Å². The van der Waals surface area contributed by atoms with Crippen molar-refractivity contribution in [2.45, 2.75) is 59.9 Å². The van der Waals surface area contributed by atoms with Crippen LogP contribution in [0.2, 0.25) is 0 Å². The minimum atomic E-state index is 0.727. The molecule has 2 unspecified atom stereocenters. The van der Waals surface area contributed by atoms with Crippen LogP contribution in [0.5, 0.6) is 0 Å². The lowest BCUT2D eigenvalue weighted by Crippen LogP contribution is -2.37. The van der Waals surface area contributed by atoms with Gasteiger partial charge in [0.1, 0.15) is 0 Å². The summed E-state index contributed by atoms with van der Waals surface area (Å²) in [6.07, 6.45) is 4.01. The Morgan fingerprint density at radius 3 is 2.08 bits per heavy atom. The van der Waals surface area contributed by atoms with Crippen LogP contribution in [0.1, 0.15) is 53.9 Å². The quantitative estimate of drug-likeness (QED) is 0.640. The number of unbranched alkanes of at least 4 members (excludes halogenated alkanes) is 1. The molecule has 0 aromatic rings. The van der Waals surface area contributed by atoms with Crippen LogP contribution in [-0.2, 0) is 0 Å². The summed E-state index contributed by atoms with van der Waals surface area (Å²) in [5.41, 5.74) is 0. The Hall–Kier alpha value is -0.0400. The molecule has 1 N–H and O–H groups in total. The largest absolute Gasteiger partial charge is 0.314 e. The van der Waals surface area contributed by atoms with Gasteiger partial charge < -0.3 is 5.32 Å². The first kappa shape index (κ1) is 13.0. The second kappa shape index (κ2) is 7.37. The molecule has 1 heteroatoms. The summed E-state index contributed by atoms with van der Waals surface area (Å²) >= 11 is 0. The van der Waals surface area contributed by atoms with Crippen molar-refractivity contribution in [2.24, 2.45) is 11.8 Å². The fourth-order valence-corrected chi connectivity index (χ4v) is 1.70. The van der Waals surface area contributed by atoms with Crippen molar-refractivity contribution < 1.29 is 0 Å². The molecule has 80 valence electrons. The molecule has 0 aromatic carbocycles. The highest BCUT2D eigenvalue weighted by Crippen LogP contribution is 2.18. The minimum absolute atomic E-state index is 0.727. The third-order valence-electron chi connectivity index (χ3n) is 3.02. The zero-order valence-corrected chi connectivity index (χ0v) is 10.1. The van der Waals surface area contributed by atoms with Gasteiger partial charge in [-0.05, 0) is 24.8 Å². The van der Waals surface area contributed by atoms with Crippen LogP contribution in [-0.4, -0.2) is 12.6 Å². The average molecular weight is 185 g/mol. The van der Waals surface area contributed by atoms with Crippen molar-refractivity contribution in [2.75, 3.05) is 6.54 Å². The van der Waals surface area contributed by atoms with Gasteiger partial charge in [0.05, 0.1) is 0 Å². The lowest BCUT2D eigenvalue weighted by atomic mass is 9.87. The van der Waals surface area contributed by atoms with E-state index in [9.17, 15) is 0 Å². The van der Waals surface area contributed by atoms with Crippen LogP contribution in [0.15, 0.2) is 0 Å². The molecule has 0 aromatic heterocycles. The SMILES string of the molecule is CCCCC(NCC)C(C)C(C)C. The molecule has 2 atom stereocenters. The third kappa shape index (κ3) is 5.30. The van der Waals surface area contributed by atoms with E-state index in [2.05, 4.69) is 39.9 Å². The molecule has 0 radical (unpaired) electrons. The standard InChI is InChI=1S/C12H27N/c1-6-8-9-12(13-7-2)11(5)10(3)4/h10-13H,6-9H2,1-5H3. The maximum atomic E-state index is 3.60. The van der Waals surface area contributed by atoms with Gasteiger partial charge in [0.2, 0.25) is 0 Å². The highest BCUT2D eigenvalue weighted by Gasteiger charge is 2.18. The van der Waals surface area contributed by atoms with Gasteiger partial charge in [-0.25, -0.2) is 0 Å². The van der Waals surface area contributed by atoms with Crippen LogP contribution >= 0.6 is 0 Å². The molecule has 0 spiro atoms. The summed E-state index contributed by atoms with van der Waals surface area (Å²) in [7, 11) is 0. The van der Waals surface area contributed by atoms with E-state index in [0.29, 0.717) is 0 Å². The number of hydrogen-bond acceptors (Lipinski definition) is 1. The van der Waals surface area contributed by atoms with E-state index in [0.717, 1.165) is 24.4 Å². The number of hydrogen-bond donors (Lipinski definition) is 1. The van der Waals surface area contributed by atoms with Crippen molar-refractivity contribution in [3.8, 4) is 0 Å². The summed E-state index contributed by atoms with van der Waals surface area (Å²) in [5.74, 6) is 1.59. The molecule has 1 nitrogen and oxygen atoms in total. The van der Waals surface area contributed by atoms with Gasteiger partial charge in [0.25, 0.3) is 0 Å². The van der Waals surface area contributed by atoms with Crippen LogP contribution in [0.25, 0.3) is 0 Å². The second-order valence-electron chi connectivity index (χ2n) is 4.41. The van der Waals surface area contributed by atoms with Crippen molar-refractivity contribution in [3.63, 3.8) is 0 Å². The Kier molecular flexibility index (Phi) is 7.35. The van der Waals surface area contributed by atoms with Crippen molar-refractivity contribution >= 4 is 0 Å². The molecule has 0 fully saturated rings. The van der Waals surface area contributed by atoms with Gasteiger partial charge in [0.15, 0.2) is 0 Å². The summed E-state index contributed by atoms with van der Waals surface area (Å²) < 4.78 is 0. The first-order valence-electron chi connectivity index (χ1n) is 5.86. The maximum absolute atomic E-state index is 3.60. The van der Waals surface area contributed by atoms with E-state index >= 15 is 0 Å². The predicted octanol–water partition coefficient (Wildman–Crippen LogP) is 3.45. The fourth-order valence-electron chi connectivity index (χ4n) is 1.70. The van der Waals surface area contributed by atoms with E-state index in [1.165, 1.54) is 19.3 Å². The molecule has 0 amide bonds. The molecule has 0 aliphatic carbocycles. The van der Waals surface area contributed by atoms with Crippen molar-refractivity contribution in [3.05, 3.63) is 0 Å². The summed E-state index contributed by atoms with van der Waals surface area (Å²) in [4.78, 5) is 0. The number of nitrogens with one attached hydrogen (secondary N) is 1. The Bertz CT molecular complexity index is 110. The van der Waals surface area contributed by atoms with Gasteiger partial charge >= 0.3 is 0 Å². The van der Waals surface area contributed by atoms with Crippen LogP contribution < -0.4 is 5.32 Å². The predicted molar refractivity (Wildman–Crippen MR) is 61.0 cm³/mol. The molecular formula is C12H27N. The third-order valence-corrected chi connectivity index (χ3v) is 3.02. The average Bonchev–Trinajstić information content (AvgIpc) is 2.11. The normalized spacial score (nSPS) is 16.2. The molecule has 0 saturated carbocycles. The Morgan fingerprint density at radius 2 is 1.69 bits per heavy atom. The van der Waals surface area contributed by atoms with Crippen LogP contribution in [0.4, 0.5) is 0 Å². The van der Waals surface area contributed by atoms with Crippen molar-refractivity contribution in [1.29, 1.82) is 0 Å². The van der Waals surface area contributed by atoms with E-state index in [1.54, 1.807) is 0 Å². The fraction of sp³-hybridized carbons (Fsp3) is 1.00. The monoisotopic (exact) mass is 185 g/mol. The summed E-state index contributed by atoms with van der Waals surface area (Å²) in [5, 5.41) is 3.60. The smallest absolute Gasteiger partial charge is 0.00950 e. The second-order valence-corrected chi connectivity index (χ2v) is 4.41. The van der Waals surface area contributed by atoms with E-state index in [-0.39, 0.29) is 0 Å². The lowest BCUT2D eigenvalue weighted by Gasteiger charge is -2.27. The van der Waals surface area contributed by atoms with Gasteiger partial charge in [0, 0.05) is 6.04 Å². The molecule has 0 bridgehead atoms. The van der Waals surface area contributed by atoms with Crippen molar-refractivity contribution in [1.82, 2.24) is 5.32 Å². The minimum Gasteiger partial charge on any atom is -0.314 e. The molecule has 0 heterocycles. The molecule has 0 rings (SSSR count). The lowest BCUT2D eigenvalue weighted by molar-refractivity contribution is 0.284. The Morgan fingerprint density at radius 1 is 1.08 bits per heavy atom. The van der Waals surface area contributed by atoms with Crippen LogP contribution in [0.3, 0.4) is 0 Å². The summed E-state index contributed by atoms with van der Waals surface area (Å²) in [6.45, 7) is 12.6. The molecule has 0 saturated heterocycles. The van der Waals surface area contributed by atoms with Gasteiger partial charge in [-0.15, -0.1) is 0 Å². The van der Waals surface area contributed by atoms with E-state index in [4.69, 9.17) is 0 Å². The number of rotatable bonds is 7. The topological polar surface area (TPSA) is 12.0 Å². The Balaban J connectivity index is 3.90. The zero-order valence-electron chi connectivity index (χ0n) is 10.1. The van der Waals surface area contributed by atoms with Gasteiger partial charge in [-0.2, -0.15) is 0 Å². The molecule has 0 aliphatic heterocycles.